The quantitative estimate of drug-likeness (QED) is 0.361. The monoisotopic (exact) mass is 507 g/mol. The van der Waals surface area contributed by atoms with E-state index in [-0.39, 0.29) is 17.7 Å². The van der Waals surface area contributed by atoms with Crippen molar-refractivity contribution >= 4 is 23.5 Å². The normalized spacial score (nSPS) is 19.5. The Morgan fingerprint density at radius 3 is 2.36 bits per heavy atom. The molecule has 1 aliphatic carbocycles. The Kier molecular flexibility index (Phi) is 8.09. The third kappa shape index (κ3) is 5.03. The molecule has 2 atom stereocenters. The largest absolute Gasteiger partial charge is 0.493 e. The number of Topliss-reactive ketones (excluding diaryl/α,β-unsaturated/α-hetero) is 1. The Morgan fingerprint density at radius 1 is 1.03 bits per heavy atom. The van der Waals surface area contributed by atoms with Gasteiger partial charge in [0.15, 0.2) is 17.3 Å². The van der Waals surface area contributed by atoms with E-state index in [1.165, 1.54) is 0 Å². The van der Waals surface area contributed by atoms with Crippen LogP contribution in [0.1, 0.15) is 56.1 Å². The van der Waals surface area contributed by atoms with Crippen LogP contribution >= 0.6 is 11.8 Å². The maximum atomic E-state index is 13.8. The van der Waals surface area contributed by atoms with Crippen molar-refractivity contribution in [3.8, 4) is 11.5 Å². The summed E-state index contributed by atoms with van der Waals surface area (Å²) in [7, 11) is 3.21. The number of hydrogen-bond donors (Lipinski definition) is 1. The predicted octanol–water partition coefficient (Wildman–Crippen LogP) is 5.74. The van der Waals surface area contributed by atoms with Gasteiger partial charge in [0.25, 0.3) is 0 Å². The molecule has 1 N–H and O–H groups in total. The van der Waals surface area contributed by atoms with Crippen LogP contribution in [0.5, 0.6) is 11.5 Å². The molecule has 0 aromatic heterocycles. The molecule has 0 spiro atoms. The number of ether oxygens (including phenoxy) is 3. The lowest BCUT2D eigenvalue weighted by Crippen LogP contribution is -2.36. The molecule has 1 heterocycles. The number of nitrogens with one attached hydrogen (secondary N) is 1. The van der Waals surface area contributed by atoms with E-state index in [0.717, 1.165) is 33.8 Å². The number of rotatable bonds is 8. The van der Waals surface area contributed by atoms with Crippen molar-refractivity contribution in [2.45, 2.75) is 49.8 Å². The number of allylic oxidation sites excluding steroid dienone is 3. The highest BCUT2D eigenvalue weighted by Crippen LogP contribution is 2.46. The minimum atomic E-state index is -0.458. The Bertz CT molecular complexity index is 1210. The zero-order valence-electron chi connectivity index (χ0n) is 21.5. The van der Waals surface area contributed by atoms with Gasteiger partial charge in [-0.3, -0.25) is 4.79 Å². The van der Waals surface area contributed by atoms with Gasteiger partial charge in [0.2, 0.25) is 0 Å². The van der Waals surface area contributed by atoms with Gasteiger partial charge in [-0.1, -0.05) is 25.1 Å². The van der Waals surface area contributed by atoms with E-state index in [4.69, 9.17) is 14.2 Å². The fourth-order valence-electron chi connectivity index (χ4n) is 5.05. The van der Waals surface area contributed by atoms with E-state index < -0.39 is 5.92 Å². The first-order valence-electron chi connectivity index (χ1n) is 12.2. The van der Waals surface area contributed by atoms with E-state index >= 15 is 0 Å². The van der Waals surface area contributed by atoms with Gasteiger partial charge >= 0.3 is 5.97 Å². The summed E-state index contributed by atoms with van der Waals surface area (Å²) in [5.74, 6) is 0.493. The lowest BCUT2D eigenvalue weighted by Gasteiger charge is -2.36. The summed E-state index contributed by atoms with van der Waals surface area (Å²) in [5, 5.41) is 3.41. The first-order chi connectivity index (χ1) is 17.4. The van der Waals surface area contributed by atoms with Gasteiger partial charge in [-0.15, -0.1) is 11.8 Å². The number of dihydropyridines is 1. The van der Waals surface area contributed by atoms with E-state index in [1.807, 2.05) is 62.6 Å². The number of esters is 1. The van der Waals surface area contributed by atoms with Crippen LogP contribution in [0.3, 0.4) is 0 Å². The molecule has 4 rings (SSSR count). The van der Waals surface area contributed by atoms with Crippen LogP contribution in [0.4, 0.5) is 0 Å². The molecule has 7 heteroatoms. The molecular weight excluding hydrogens is 474 g/mol. The summed E-state index contributed by atoms with van der Waals surface area (Å²) in [6, 6.07) is 13.9. The van der Waals surface area contributed by atoms with Crippen molar-refractivity contribution < 1.29 is 23.8 Å². The summed E-state index contributed by atoms with van der Waals surface area (Å²) in [5.41, 5.74) is 4.71. The SMILES string of the molecule is CCCOC(=O)C1=C(C)NC2=C(C(=O)C[C@H](c3ccc(OC)c(OC)c3)C2)[C@H]1c1ccc(SC)cc1. The number of carbonyl (C=O) groups is 2. The standard InChI is InChI=1S/C29H33NO5S/c1-6-13-35-29(32)26-17(2)30-22-14-20(19-9-12-24(33-3)25(16-19)34-4)15-23(31)28(22)27(26)18-7-10-21(36-5)11-8-18/h7-12,16,20,27,30H,6,13-15H2,1-5H3/t20-,27+/m1/s1. The molecular formula is C29H33NO5S. The lowest BCUT2D eigenvalue weighted by atomic mass is 9.71. The van der Waals surface area contributed by atoms with Crippen LogP contribution in [0.2, 0.25) is 0 Å². The molecule has 0 fully saturated rings. The van der Waals surface area contributed by atoms with Gasteiger partial charge in [0.05, 0.1) is 26.4 Å². The highest BCUT2D eigenvalue weighted by Gasteiger charge is 2.41. The highest BCUT2D eigenvalue weighted by molar-refractivity contribution is 7.98. The second-order valence-corrected chi connectivity index (χ2v) is 9.92. The number of methoxy groups -OCH3 is 2. The molecule has 2 aromatic rings. The number of benzene rings is 2. The summed E-state index contributed by atoms with van der Waals surface area (Å²) in [6.07, 6.45) is 3.77. The minimum absolute atomic E-state index is 0.00975. The fourth-order valence-corrected chi connectivity index (χ4v) is 5.46. The molecule has 0 bridgehead atoms. The first kappa shape index (κ1) is 25.9. The predicted molar refractivity (Wildman–Crippen MR) is 142 cm³/mol. The van der Waals surface area contributed by atoms with E-state index in [2.05, 4.69) is 5.32 Å². The van der Waals surface area contributed by atoms with Gasteiger partial charge in [0.1, 0.15) is 0 Å². The molecule has 0 unspecified atom stereocenters. The maximum absolute atomic E-state index is 13.8. The highest BCUT2D eigenvalue weighted by atomic mass is 32.2. The van der Waals surface area contributed by atoms with E-state index in [9.17, 15) is 9.59 Å². The molecule has 190 valence electrons. The van der Waals surface area contributed by atoms with E-state index in [1.54, 1.807) is 26.0 Å². The summed E-state index contributed by atoms with van der Waals surface area (Å²) in [6.45, 7) is 4.20. The second kappa shape index (κ2) is 11.2. The fraction of sp³-hybridized carbons (Fsp3) is 0.379. The van der Waals surface area contributed by atoms with Crippen molar-refractivity contribution in [1.29, 1.82) is 0 Å². The number of ketones is 1. The number of carbonyl (C=O) groups excluding carboxylic acids is 2. The molecule has 1 aliphatic heterocycles. The zero-order valence-corrected chi connectivity index (χ0v) is 22.3. The molecule has 36 heavy (non-hydrogen) atoms. The Labute approximate surface area is 217 Å². The number of hydrogen-bond acceptors (Lipinski definition) is 7. The molecule has 0 amide bonds. The second-order valence-electron chi connectivity index (χ2n) is 9.04. The lowest BCUT2D eigenvalue weighted by molar-refractivity contribution is -0.139. The average Bonchev–Trinajstić information content (AvgIpc) is 2.90. The van der Waals surface area contributed by atoms with Crippen molar-refractivity contribution in [2.75, 3.05) is 27.1 Å². The summed E-state index contributed by atoms with van der Waals surface area (Å²) >= 11 is 1.66. The van der Waals surface area contributed by atoms with Crippen LogP contribution < -0.4 is 14.8 Å². The molecule has 0 radical (unpaired) electrons. The third-order valence-corrected chi connectivity index (χ3v) is 7.56. The van der Waals surface area contributed by atoms with Crippen LogP contribution in [0, 0.1) is 0 Å². The van der Waals surface area contributed by atoms with Crippen molar-refractivity contribution in [2.24, 2.45) is 0 Å². The maximum Gasteiger partial charge on any atom is 0.336 e. The Hall–Kier alpha value is -3.19. The summed E-state index contributed by atoms with van der Waals surface area (Å²) in [4.78, 5) is 28.1. The summed E-state index contributed by atoms with van der Waals surface area (Å²) < 4.78 is 16.4. The molecule has 2 aromatic carbocycles. The molecule has 2 aliphatic rings. The van der Waals surface area contributed by atoms with Gasteiger partial charge in [-0.25, -0.2) is 4.79 Å². The smallest absolute Gasteiger partial charge is 0.336 e. The Morgan fingerprint density at radius 2 is 1.72 bits per heavy atom. The molecule has 0 saturated heterocycles. The third-order valence-electron chi connectivity index (χ3n) is 6.81. The molecule has 0 saturated carbocycles. The molecule has 6 nitrogen and oxygen atoms in total. The number of thioether (sulfide) groups is 1. The van der Waals surface area contributed by atoms with Crippen molar-refractivity contribution in [3.05, 3.63) is 76.1 Å². The van der Waals surface area contributed by atoms with Gasteiger partial charge < -0.3 is 19.5 Å². The Balaban J connectivity index is 1.75. The first-order valence-corrected chi connectivity index (χ1v) is 13.4. The van der Waals surface area contributed by atoms with Crippen LogP contribution in [0.25, 0.3) is 0 Å². The average molecular weight is 508 g/mol. The van der Waals surface area contributed by atoms with Gasteiger partial charge in [-0.2, -0.15) is 0 Å². The van der Waals surface area contributed by atoms with Crippen molar-refractivity contribution in [1.82, 2.24) is 5.32 Å². The zero-order chi connectivity index (χ0) is 25.8. The van der Waals surface area contributed by atoms with E-state index in [0.29, 0.717) is 42.1 Å². The van der Waals surface area contributed by atoms with Crippen LogP contribution in [0.15, 0.2) is 69.9 Å². The van der Waals surface area contributed by atoms with Crippen LogP contribution in [-0.2, 0) is 14.3 Å². The van der Waals surface area contributed by atoms with Crippen molar-refractivity contribution in [3.63, 3.8) is 0 Å². The van der Waals surface area contributed by atoms with Gasteiger partial charge in [0, 0.05) is 34.2 Å². The van der Waals surface area contributed by atoms with Crippen LogP contribution in [-0.4, -0.2) is 38.8 Å². The van der Waals surface area contributed by atoms with Gasteiger partial charge in [-0.05, 0) is 67.3 Å². The minimum Gasteiger partial charge on any atom is -0.493 e. The topological polar surface area (TPSA) is 73.9 Å².